The molecule has 1 aliphatic heterocycles. The molecule has 176 valence electrons. The highest BCUT2D eigenvalue weighted by atomic mass is 16.7. The summed E-state index contributed by atoms with van der Waals surface area (Å²) >= 11 is 0. The first-order chi connectivity index (χ1) is 15.7. The molecule has 1 N–H and O–H groups in total. The second-order valence-electron chi connectivity index (χ2n) is 7.88. The van der Waals surface area contributed by atoms with Gasteiger partial charge in [0.2, 0.25) is 0 Å². The van der Waals surface area contributed by atoms with Crippen LogP contribution in [0.4, 0.5) is 0 Å². The van der Waals surface area contributed by atoms with E-state index >= 15 is 0 Å². The van der Waals surface area contributed by atoms with Crippen LogP contribution < -0.4 is 5.32 Å². The van der Waals surface area contributed by atoms with E-state index in [2.05, 4.69) is 55.8 Å². The molecule has 1 fully saturated rings. The van der Waals surface area contributed by atoms with Crippen molar-refractivity contribution in [3.63, 3.8) is 0 Å². The van der Waals surface area contributed by atoms with Crippen LogP contribution in [0.15, 0.2) is 36.5 Å². The molecular formula is C23H36N6O3. The number of hydrogen-bond donors (Lipinski definition) is 1. The average Bonchev–Trinajstić information content (AvgIpc) is 3.27. The molecule has 0 radical (unpaired) electrons. The van der Waals surface area contributed by atoms with Gasteiger partial charge in [-0.25, -0.2) is 4.68 Å². The molecule has 3 rings (SSSR count). The molecule has 1 aromatic carbocycles. The van der Waals surface area contributed by atoms with E-state index in [1.165, 1.54) is 5.56 Å². The summed E-state index contributed by atoms with van der Waals surface area (Å²) in [6.45, 7) is 12.2. The molecule has 0 saturated carbocycles. The molecule has 1 aliphatic rings. The maximum atomic E-state index is 12.4. The van der Waals surface area contributed by atoms with Gasteiger partial charge in [0.1, 0.15) is 0 Å². The first-order valence-electron chi connectivity index (χ1n) is 11.6. The van der Waals surface area contributed by atoms with Gasteiger partial charge in [-0.05, 0) is 32.4 Å². The lowest BCUT2D eigenvalue weighted by Gasteiger charge is -2.34. The van der Waals surface area contributed by atoms with Crippen molar-refractivity contribution in [2.75, 3.05) is 52.5 Å². The number of carbonyl (C=O) groups is 1. The van der Waals surface area contributed by atoms with Gasteiger partial charge in [0, 0.05) is 52.5 Å². The monoisotopic (exact) mass is 444 g/mol. The third kappa shape index (κ3) is 7.98. The second-order valence-corrected chi connectivity index (χ2v) is 7.88. The van der Waals surface area contributed by atoms with Crippen LogP contribution in [0.3, 0.4) is 0 Å². The Morgan fingerprint density at radius 1 is 1.06 bits per heavy atom. The Morgan fingerprint density at radius 2 is 1.75 bits per heavy atom. The Hall–Kier alpha value is -2.33. The normalized spacial score (nSPS) is 15.3. The van der Waals surface area contributed by atoms with Gasteiger partial charge in [0.25, 0.3) is 5.91 Å². The van der Waals surface area contributed by atoms with Crippen LogP contribution in [0.25, 0.3) is 0 Å². The van der Waals surface area contributed by atoms with Gasteiger partial charge in [-0.15, -0.1) is 5.10 Å². The summed E-state index contributed by atoms with van der Waals surface area (Å²) in [4.78, 5) is 17.3. The van der Waals surface area contributed by atoms with Crippen molar-refractivity contribution in [1.29, 1.82) is 0 Å². The summed E-state index contributed by atoms with van der Waals surface area (Å²) in [5.74, 6) is -0.201. The summed E-state index contributed by atoms with van der Waals surface area (Å²) < 4.78 is 12.6. The number of carbonyl (C=O) groups excluding carboxylic acids is 1. The molecule has 0 spiro atoms. The molecule has 0 atom stereocenters. The van der Waals surface area contributed by atoms with E-state index in [0.29, 0.717) is 32.0 Å². The van der Waals surface area contributed by atoms with E-state index in [-0.39, 0.29) is 5.91 Å². The molecule has 1 saturated heterocycles. The summed E-state index contributed by atoms with van der Waals surface area (Å²) in [5, 5.41) is 10.9. The number of nitrogens with zero attached hydrogens (tertiary/aromatic N) is 5. The van der Waals surface area contributed by atoms with E-state index in [4.69, 9.17) is 9.47 Å². The van der Waals surface area contributed by atoms with Gasteiger partial charge in [-0.1, -0.05) is 35.5 Å². The van der Waals surface area contributed by atoms with Crippen molar-refractivity contribution in [2.45, 2.75) is 39.6 Å². The maximum absolute atomic E-state index is 12.4. The molecule has 1 aromatic heterocycles. The van der Waals surface area contributed by atoms with Gasteiger partial charge in [-0.3, -0.25) is 9.69 Å². The number of ether oxygens (including phenoxy) is 2. The molecule has 2 aromatic rings. The highest BCUT2D eigenvalue weighted by molar-refractivity contribution is 5.91. The number of benzene rings is 1. The lowest BCUT2D eigenvalue weighted by Crippen LogP contribution is -2.46. The predicted octanol–water partition coefficient (Wildman–Crippen LogP) is 1.61. The molecule has 0 bridgehead atoms. The minimum absolute atomic E-state index is 0.201. The highest BCUT2D eigenvalue weighted by Crippen LogP contribution is 2.08. The van der Waals surface area contributed by atoms with Crippen molar-refractivity contribution in [3.8, 4) is 0 Å². The van der Waals surface area contributed by atoms with Crippen molar-refractivity contribution in [1.82, 2.24) is 30.1 Å². The first-order valence-corrected chi connectivity index (χ1v) is 11.6. The van der Waals surface area contributed by atoms with Gasteiger partial charge in [-0.2, -0.15) is 0 Å². The molecule has 0 aliphatic carbocycles. The Labute approximate surface area is 190 Å². The first kappa shape index (κ1) is 24.3. The second kappa shape index (κ2) is 13.3. The van der Waals surface area contributed by atoms with Gasteiger partial charge in [0.05, 0.1) is 12.7 Å². The lowest BCUT2D eigenvalue weighted by molar-refractivity contribution is -0.145. The Balaban J connectivity index is 1.30. The van der Waals surface area contributed by atoms with Crippen LogP contribution in [0.2, 0.25) is 0 Å². The average molecular weight is 445 g/mol. The van der Waals surface area contributed by atoms with Gasteiger partial charge < -0.3 is 19.7 Å². The third-order valence-corrected chi connectivity index (χ3v) is 5.46. The fourth-order valence-electron chi connectivity index (χ4n) is 3.78. The zero-order chi connectivity index (χ0) is 22.6. The van der Waals surface area contributed by atoms with Crippen molar-refractivity contribution in [2.24, 2.45) is 0 Å². The molecule has 9 nitrogen and oxygen atoms in total. The van der Waals surface area contributed by atoms with Gasteiger partial charge in [0.15, 0.2) is 12.0 Å². The standard InChI is InChI=1S/C23H36N6O3/c1-3-31-22(32-4-2)19-29-18-21(25-26-29)23(30)24-11-8-12-27-13-15-28(16-14-27)17-20-9-6-5-7-10-20/h5-7,9-10,18,22H,3-4,8,11-17,19H2,1-2H3,(H,24,30). The SMILES string of the molecule is CCOC(Cn1cc(C(=O)NCCCN2CCN(Cc3ccccc3)CC2)nn1)OCC. The number of aromatic nitrogens is 3. The molecule has 0 unspecified atom stereocenters. The Kier molecular flexibility index (Phi) is 10.1. The van der Waals surface area contributed by atoms with E-state index < -0.39 is 6.29 Å². The number of piperazine rings is 1. The zero-order valence-electron chi connectivity index (χ0n) is 19.3. The molecular weight excluding hydrogens is 408 g/mol. The van der Waals surface area contributed by atoms with Crippen molar-refractivity contribution >= 4 is 5.91 Å². The van der Waals surface area contributed by atoms with Crippen LogP contribution in [0, 0.1) is 0 Å². The van der Waals surface area contributed by atoms with E-state index in [1.807, 2.05) is 13.8 Å². The predicted molar refractivity (Wildman–Crippen MR) is 122 cm³/mol. The summed E-state index contributed by atoms with van der Waals surface area (Å²) in [6, 6.07) is 10.6. The third-order valence-electron chi connectivity index (χ3n) is 5.46. The van der Waals surface area contributed by atoms with E-state index in [0.717, 1.165) is 45.7 Å². The summed E-state index contributed by atoms with van der Waals surface area (Å²) in [5.41, 5.74) is 1.68. The quantitative estimate of drug-likeness (QED) is 0.371. The molecule has 2 heterocycles. The summed E-state index contributed by atoms with van der Waals surface area (Å²) in [6.07, 6.45) is 2.15. The fraction of sp³-hybridized carbons (Fsp3) is 0.609. The molecule has 9 heteroatoms. The van der Waals surface area contributed by atoms with Crippen molar-refractivity contribution in [3.05, 3.63) is 47.8 Å². The zero-order valence-corrected chi connectivity index (χ0v) is 19.3. The lowest BCUT2D eigenvalue weighted by atomic mass is 10.2. The minimum atomic E-state index is -0.393. The Morgan fingerprint density at radius 3 is 2.44 bits per heavy atom. The smallest absolute Gasteiger partial charge is 0.273 e. The van der Waals surface area contributed by atoms with Gasteiger partial charge >= 0.3 is 0 Å². The van der Waals surface area contributed by atoms with E-state index in [1.54, 1.807) is 10.9 Å². The number of rotatable bonds is 13. The number of amides is 1. The maximum Gasteiger partial charge on any atom is 0.273 e. The molecule has 1 amide bonds. The number of nitrogens with one attached hydrogen (secondary N) is 1. The number of hydrogen-bond acceptors (Lipinski definition) is 7. The fourth-order valence-corrected chi connectivity index (χ4v) is 3.78. The highest BCUT2D eigenvalue weighted by Gasteiger charge is 2.17. The van der Waals surface area contributed by atoms with Crippen LogP contribution in [-0.4, -0.2) is 89.5 Å². The minimum Gasteiger partial charge on any atom is -0.351 e. The largest absolute Gasteiger partial charge is 0.351 e. The van der Waals surface area contributed by atoms with Crippen LogP contribution in [0.5, 0.6) is 0 Å². The summed E-state index contributed by atoms with van der Waals surface area (Å²) in [7, 11) is 0. The topological polar surface area (TPSA) is 84.8 Å². The van der Waals surface area contributed by atoms with Crippen LogP contribution in [0.1, 0.15) is 36.3 Å². The van der Waals surface area contributed by atoms with E-state index in [9.17, 15) is 4.79 Å². The van der Waals surface area contributed by atoms with Crippen LogP contribution >= 0.6 is 0 Å². The van der Waals surface area contributed by atoms with Crippen LogP contribution in [-0.2, 0) is 22.6 Å². The molecule has 32 heavy (non-hydrogen) atoms. The Bertz CT molecular complexity index is 786. The van der Waals surface area contributed by atoms with Crippen molar-refractivity contribution < 1.29 is 14.3 Å².